The first kappa shape index (κ1) is 11.7. The maximum Gasteiger partial charge on any atom is 0.435 e. The Morgan fingerprint density at radius 3 is 2.53 bits per heavy atom. The van der Waals surface area contributed by atoms with Gasteiger partial charge in [0.2, 0.25) is 0 Å². The van der Waals surface area contributed by atoms with E-state index >= 15 is 0 Å². The Bertz CT molecular complexity index is 368. The summed E-state index contributed by atoms with van der Waals surface area (Å²) in [5.41, 5.74) is -0.530. The van der Waals surface area contributed by atoms with Crippen molar-refractivity contribution in [3.63, 3.8) is 0 Å². The summed E-state index contributed by atoms with van der Waals surface area (Å²) < 4.78 is 38.0. The summed E-state index contributed by atoms with van der Waals surface area (Å²) in [4.78, 5) is 10.8. The zero-order valence-electron chi connectivity index (χ0n) is 8.43. The molecule has 84 valence electrons. The van der Waals surface area contributed by atoms with Crippen LogP contribution in [0, 0.1) is 0 Å². The summed E-state index contributed by atoms with van der Waals surface area (Å²) in [6.45, 7) is 2.92. The molecule has 6 heteroatoms. The van der Waals surface area contributed by atoms with Gasteiger partial charge < -0.3 is 0 Å². The number of carbonyl (C=O) groups is 1. The number of hydrogen-bond donors (Lipinski definition) is 0. The topological polar surface area (TPSA) is 34.9 Å². The molecule has 0 saturated carbocycles. The van der Waals surface area contributed by atoms with Crippen LogP contribution in [-0.2, 0) is 23.9 Å². The summed E-state index contributed by atoms with van der Waals surface area (Å²) in [6.07, 6.45) is -4.04. The summed E-state index contributed by atoms with van der Waals surface area (Å²) in [7, 11) is 0. The molecule has 0 spiro atoms. The molecule has 0 aliphatic rings. The molecule has 0 atom stereocenters. The molecule has 0 N–H and O–H groups in total. The van der Waals surface area contributed by atoms with Gasteiger partial charge in [-0.05, 0) is 19.4 Å². The fourth-order valence-corrected chi connectivity index (χ4v) is 1.23. The predicted molar refractivity (Wildman–Crippen MR) is 47.3 cm³/mol. The normalized spacial score (nSPS) is 11.8. The molecule has 0 aliphatic carbocycles. The molecule has 1 aromatic rings. The maximum atomic E-state index is 12.3. The van der Waals surface area contributed by atoms with Gasteiger partial charge in [-0.25, -0.2) is 0 Å². The van der Waals surface area contributed by atoms with Crippen molar-refractivity contribution in [3.8, 4) is 0 Å². The number of hydrogen-bond acceptors (Lipinski definition) is 2. The molecule has 1 rings (SSSR count). The number of nitrogens with zero attached hydrogens (tertiary/aromatic N) is 2. The van der Waals surface area contributed by atoms with Crippen LogP contribution in [0.2, 0.25) is 0 Å². The minimum Gasteiger partial charge on any atom is -0.298 e. The molecule has 3 nitrogen and oxygen atoms in total. The molecule has 1 heterocycles. The maximum absolute atomic E-state index is 12.3. The van der Waals surface area contributed by atoms with Gasteiger partial charge in [0.25, 0.3) is 0 Å². The second-order valence-electron chi connectivity index (χ2n) is 3.23. The van der Waals surface area contributed by atoms with Crippen molar-refractivity contribution in [2.45, 2.75) is 33.0 Å². The van der Waals surface area contributed by atoms with E-state index in [1.807, 2.05) is 0 Å². The third-order valence-corrected chi connectivity index (χ3v) is 1.89. The van der Waals surface area contributed by atoms with Crippen LogP contribution in [0.3, 0.4) is 0 Å². The molecular weight excluding hydrogens is 209 g/mol. The van der Waals surface area contributed by atoms with Gasteiger partial charge in [0.15, 0.2) is 11.5 Å². The molecule has 0 aromatic carbocycles. The smallest absolute Gasteiger partial charge is 0.298 e. The zero-order chi connectivity index (χ0) is 11.6. The molecule has 15 heavy (non-hydrogen) atoms. The van der Waals surface area contributed by atoms with E-state index in [1.165, 1.54) is 6.92 Å². The Morgan fingerprint density at radius 1 is 1.53 bits per heavy atom. The number of halogens is 3. The van der Waals surface area contributed by atoms with Gasteiger partial charge >= 0.3 is 6.18 Å². The van der Waals surface area contributed by atoms with Crippen LogP contribution in [-0.4, -0.2) is 15.6 Å². The summed E-state index contributed by atoms with van der Waals surface area (Å²) in [5, 5.41) is 3.36. The second-order valence-corrected chi connectivity index (χ2v) is 3.23. The van der Waals surface area contributed by atoms with Gasteiger partial charge in [0.05, 0.1) is 6.54 Å². The third-order valence-electron chi connectivity index (χ3n) is 1.89. The van der Waals surface area contributed by atoms with E-state index in [4.69, 9.17) is 0 Å². The number of aryl methyl sites for hydroxylation is 1. The van der Waals surface area contributed by atoms with Gasteiger partial charge in [-0.15, -0.1) is 0 Å². The number of aromatic nitrogens is 2. The van der Waals surface area contributed by atoms with E-state index in [1.54, 1.807) is 6.92 Å². The van der Waals surface area contributed by atoms with E-state index in [0.29, 0.717) is 12.1 Å². The first-order chi connectivity index (χ1) is 6.84. The molecule has 0 aliphatic heterocycles. The van der Waals surface area contributed by atoms with Crippen molar-refractivity contribution < 1.29 is 18.0 Å². The molecule has 0 radical (unpaired) electrons. The number of ketones is 1. The van der Waals surface area contributed by atoms with Gasteiger partial charge in [-0.1, -0.05) is 6.92 Å². The summed E-state index contributed by atoms with van der Waals surface area (Å²) >= 11 is 0. The van der Waals surface area contributed by atoms with Crippen LogP contribution in [0.25, 0.3) is 0 Å². The van der Waals surface area contributed by atoms with Gasteiger partial charge in [0, 0.05) is 5.69 Å². The van der Waals surface area contributed by atoms with Crippen LogP contribution in [0.1, 0.15) is 25.2 Å². The molecule has 1 aromatic heterocycles. The Morgan fingerprint density at radius 2 is 2.13 bits per heavy atom. The highest BCUT2D eigenvalue weighted by Gasteiger charge is 2.34. The van der Waals surface area contributed by atoms with Crippen molar-refractivity contribution in [3.05, 3.63) is 17.5 Å². The SMILES string of the molecule is CCc1cc(C(F)(F)F)nn1CC(C)=O. The van der Waals surface area contributed by atoms with Crippen LogP contribution >= 0.6 is 0 Å². The molecule has 0 fully saturated rings. The first-order valence-corrected chi connectivity index (χ1v) is 4.48. The molecule has 0 saturated heterocycles. The number of alkyl halides is 3. The Labute approximate surface area is 84.9 Å². The Balaban J connectivity index is 3.06. The van der Waals surface area contributed by atoms with Crippen molar-refractivity contribution >= 4 is 5.78 Å². The van der Waals surface area contributed by atoms with E-state index in [0.717, 1.165) is 10.7 Å². The first-order valence-electron chi connectivity index (χ1n) is 4.48. The van der Waals surface area contributed by atoms with Crippen LogP contribution < -0.4 is 0 Å². The lowest BCUT2D eigenvalue weighted by Crippen LogP contribution is -2.12. The average Bonchev–Trinajstić information content (AvgIpc) is 2.45. The molecule has 0 bridgehead atoms. The lowest BCUT2D eigenvalue weighted by molar-refractivity contribution is -0.141. The molecule has 0 amide bonds. The summed E-state index contributed by atoms with van der Waals surface area (Å²) in [5.74, 6) is -0.221. The third kappa shape index (κ3) is 2.81. The minimum absolute atomic E-state index is 0.112. The number of carbonyl (C=O) groups excluding carboxylic acids is 1. The van der Waals surface area contributed by atoms with Gasteiger partial charge in [0.1, 0.15) is 0 Å². The lowest BCUT2D eigenvalue weighted by atomic mass is 10.3. The van der Waals surface area contributed by atoms with E-state index in [-0.39, 0.29) is 12.3 Å². The quantitative estimate of drug-likeness (QED) is 0.781. The van der Waals surface area contributed by atoms with Crippen LogP contribution in [0.15, 0.2) is 6.07 Å². The van der Waals surface area contributed by atoms with Crippen molar-refractivity contribution in [1.29, 1.82) is 0 Å². The minimum atomic E-state index is -4.45. The highest BCUT2D eigenvalue weighted by Crippen LogP contribution is 2.28. The predicted octanol–water partition coefficient (Wildman–Crippen LogP) is 2.05. The fourth-order valence-electron chi connectivity index (χ4n) is 1.23. The monoisotopic (exact) mass is 220 g/mol. The lowest BCUT2D eigenvalue weighted by Gasteiger charge is -2.02. The summed E-state index contributed by atoms with van der Waals surface area (Å²) in [6, 6.07) is 0.975. The standard InChI is InChI=1S/C9H11F3N2O/c1-3-7-4-8(9(10,11)12)13-14(7)5-6(2)15/h4H,3,5H2,1-2H3. The van der Waals surface area contributed by atoms with Crippen molar-refractivity contribution in [2.75, 3.05) is 0 Å². The zero-order valence-corrected chi connectivity index (χ0v) is 8.43. The van der Waals surface area contributed by atoms with Gasteiger partial charge in [-0.2, -0.15) is 18.3 Å². The van der Waals surface area contributed by atoms with Crippen LogP contribution in [0.4, 0.5) is 13.2 Å². The highest BCUT2D eigenvalue weighted by atomic mass is 19.4. The Kier molecular flexibility index (Phi) is 3.16. The molecule has 0 unspecified atom stereocenters. The van der Waals surface area contributed by atoms with Gasteiger partial charge in [-0.3, -0.25) is 9.48 Å². The van der Waals surface area contributed by atoms with E-state index < -0.39 is 11.9 Å². The number of rotatable bonds is 3. The molecular formula is C9H11F3N2O. The fraction of sp³-hybridized carbons (Fsp3) is 0.556. The average molecular weight is 220 g/mol. The highest BCUT2D eigenvalue weighted by molar-refractivity contribution is 5.75. The number of Topliss-reactive ketones (excluding diaryl/α,β-unsaturated/α-hetero) is 1. The second kappa shape index (κ2) is 4.04. The van der Waals surface area contributed by atoms with Crippen molar-refractivity contribution in [1.82, 2.24) is 9.78 Å². The van der Waals surface area contributed by atoms with E-state index in [9.17, 15) is 18.0 Å². The Hall–Kier alpha value is -1.33. The largest absolute Gasteiger partial charge is 0.435 e. The van der Waals surface area contributed by atoms with Crippen molar-refractivity contribution in [2.24, 2.45) is 0 Å². The van der Waals surface area contributed by atoms with E-state index in [2.05, 4.69) is 5.10 Å². The van der Waals surface area contributed by atoms with Crippen LogP contribution in [0.5, 0.6) is 0 Å².